The first-order chi connectivity index (χ1) is 8.34. The van der Waals surface area contributed by atoms with Crippen molar-refractivity contribution in [3.8, 4) is 0 Å². The molecule has 3 heteroatoms. The summed E-state index contributed by atoms with van der Waals surface area (Å²) in [6.07, 6.45) is 9.15. The molecule has 2 aromatic heterocycles. The van der Waals surface area contributed by atoms with Gasteiger partial charge in [-0.2, -0.15) is 0 Å². The Balaban J connectivity index is 1.84. The predicted octanol–water partition coefficient (Wildman–Crippen LogP) is 2.36. The molecule has 0 aliphatic carbocycles. The Kier molecular flexibility index (Phi) is 2.85. The third-order valence-electron chi connectivity index (χ3n) is 3.86. The molecule has 17 heavy (non-hydrogen) atoms. The van der Waals surface area contributed by atoms with Gasteiger partial charge >= 0.3 is 0 Å². The smallest absolute Gasteiger partial charge is 0.114 e. The van der Waals surface area contributed by atoms with Gasteiger partial charge in [-0.25, -0.2) is 4.98 Å². The zero-order valence-electron chi connectivity index (χ0n) is 10.3. The second-order valence-electron chi connectivity index (χ2n) is 5.00. The van der Waals surface area contributed by atoms with Gasteiger partial charge in [0.05, 0.1) is 11.7 Å². The van der Waals surface area contributed by atoms with E-state index in [0.717, 1.165) is 6.42 Å². The second-order valence-corrected chi connectivity index (χ2v) is 5.00. The van der Waals surface area contributed by atoms with Gasteiger partial charge in [0.1, 0.15) is 5.82 Å². The highest BCUT2D eigenvalue weighted by Gasteiger charge is 2.20. The minimum absolute atomic E-state index is 0.662. The number of rotatable bonds is 2. The molecule has 0 spiro atoms. The molecule has 1 aliphatic rings. The monoisotopic (exact) mass is 229 g/mol. The van der Waals surface area contributed by atoms with Crippen molar-refractivity contribution < 1.29 is 0 Å². The zero-order valence-corrected chi connectivity index (χ0v) is 10.3. The minimum Gasteiger partial charge on any atom is -0.304 e. The number of hydrogen-bond donors (Lipinski definition) is 0. The van der Waals surface area contributed by atoms with Crippen molar-refractivity contribution >= 4 is 5.52 Å². The highest BCUT2D eigenvalue weighted by molar-refractivity contribution is 5.45. The fourth-order valence-electron chi connectivity index (χ4n) is 2.76. The molecule has 1 unspecified atom stereocenters. The lowest BCUT2D eigenvalue weighted by atomic mass is 10.00. The average molecular weight is 229 g/mol. The van der Waals surface area contributed by atoms with Crippen LogP contribution >= 0.6 is 0 Å². The van der Waals surface area contributed by atoms with Crippen LogP contribution in [0.1, 0.15) is 25.1 Å². The van der Waals surface area contributed by atoms with E-state index in [9.17, 15) is 0 Å². The van der Waals surface area contributed by atoms with E-state index in [1.807, 2.05) is 6.20 Å². The van der Waals surface area contributed by atoms with Crippen LogP contribution in [0.3, 0.4) is 0 Å². The highest BCUT2D eigenvalue weighted by atomic mass is 15.1. The summed E-state index contributed by atoms with van der Waals surface area (Å²) >= 11 is 0. The molecule has 0 aromatic carbocycles. The molecule has 0 radical (unpaired) electrons. The van der Waals surface area contributed by atoms with Gasteiger partial charge in [0, 0.05) is 18.7 Å². The molecule has 3 rings (SSSR count). The molecule has 0 amide bonds. The number of nitrogens with zero attached hydrogens (tertiary/aromatic N) is 3. The summed E-state index contributed by atoms with van der Waals surface area (Å²) in [5.74, 6) is 1.19. The maximum Gasteiger partial charge on any atom is 0.114 e. The van der Waals surface area contributed by atoms with Crippen LogP contribution in [0.4, 0.5) is 0 Å². The summed E-state index contributed by atoms with van der Waals surface area (Å²) in [6.45, 7) is 1.23. The molecule has 2 aromatic rings. The molecular weight excluding hydrogens is 210 g/mol. The molecule has 0 saturated carbocycles. The number of aromatic nitrogens is 2. The lowest BCUT2D eigenvalue weighted by Gasteiger charge is -2.32. The van der Waals surface area contributed by atoms with Gasteiger partial charge in [-0.3, -0.25) is 0 Å². The number of piperidine rings is 1. The Labute approximate surface area is 102 Å². The van der Waals surface area contributed by atoms with E-state index in [1.165, 1.54) is 37.1 Å². The first-order valence-electron chi connectivity index (χ1n) is 6.46. The van der Waals surface area contributed by atoms with Crippen LogP contribution in [0, 0.1) is 0 Å². The molecule has 90 valence electrons. The van der Waals surface area contributed by atoms with Gasteiger partial charge in [-0.15, -0.1) is 0 Å². The SMILES string of the molecule is CN1CCCCC1Cc1ncc2ccccn12. The standard InChI is InChI=1S/C14H19N3/c1-16-8-4-2-6-12(16)10-14-15-11-13-7-3-5-9-17(13)14/h3,5,7,9,11-12H,2,4,6,8,10H2,1H3. The summed E-state index contributed by atoms with van der Waals surface area (Å²) in [6, 6.07) is 6.91. The third kappa shape index (κ3) is 2.07. The molecule has 1 atom stereocenters. The first kappa shape index (κ1) is 10.8. The maximum atomic E-state index is 4.56. The van der Waals surface area contributed by atoms with E-state index in [2.05, 4.69) is 45.7 Å². The van der Waals surface area contributed by atoms with Crippen LogP contribution in [0.15, 0.2) is 30.6 Å². The summed E-state index contributed by atoms with van der Waals surface area (Å²) in [5, 5.41) is 0. The van der Waals surface area contributed by atoms with Crippen LogP contribution in [-0.4, -0.2) is 33.9 Å². The first-order valence-corrected chi connectivity index (χ1v) is 6.46. The largest absolute Gasteiger partial charge is 0.304 e. The molecule has 3 nitrogen and oxygen atoms in total. The molecular formula is C14H19N3. The van der Waals surface area contributed by atoms with E-state index >= 15 is 0 Å². The van der Waals surface area contributed by atoms with Gasteiger partial charge in [-0.1, -0.05) is 12.5 Å². The van der Waals surface area contributed by atoms with Gasteiger partial charge in [-0.05, 0) is 38.6 Å². The van der Waals surface area contributed by atoms with Crippen molar-refractivity contribution in [1.29, 1.82) is 0 Å². The van der Waals surface area contributed by atoms with E-state index in [-0.39, 0.29) is 0 Å². The third-order valence-corrected chi connectivity index (χ3v) is 3.86. The van der Waals surface area contributed by atoms with Crippen LogP contribution < -0.4 is 0 Å². The van der Waals surface area contributed by atoms with E-state index in [0.29, 0.717) is 6.04 Å². The Morgan fingerprint density at radius 1 is 1.35 bits per heavy atom. The lowest BCUT2D eigenvalue weighted by molar-refractivity contribution is 0.182. The van der Waals surface area contributed by atoms with E-state index < -0.39 is 0 Å². The topological polar surface area (TPSA) is 20.5 Å². The molecule has 0 N–H and O–H groups in total. The van der Waals surface area contributed by atoms with Crippen LogP contribution in [0.25, 0.3) is 5.52 Å². The summed E-state index contributed by atoms with van der Waals surface area (Å²) in [4.78, 5) is 7.04. The fraction of sp³-hybridized carbons (Fsp3) is 0.500. The second kappa shape index (κ2) is 4.49. The Hall–Kier alpha value is -1.35. The van der Waals surface area contributed by atoms with Crippen LogP contribution in [-0.2, 0) is 6.42 Å². The number of imidazole rings is 1. The van der Waals surface area contributed by atoms with Crippen molar-refractivity contribution in [1.82, 2.24) is 14.3 Å². The molecule has 3 heterocycles. The van der Waals surface area contributed by atoms with Crippen LogP contribution in [0.5, 0.6) is 0 Å². The normalized spacial score (nSPS) is 22.1. The number of likely N-dealkylation sites (N-methyl/N-ethyl adjacent to an activating group) is 1. The van der Waals surface area contributed by atoms with Crippen molar-refractivity contribution in [2.24, 2.45) is 0 Å². The Morgan fingerprint density at radius 3 is 3.18 bits per heavy atom. The zero-order chi connectivity index (χ0) is 11.7. The molecule has 1 aliphatic heterocycles. The molecule has 1 fully saturated rings. The summed E-state index contributed by atoms with van der Waals surface area (Å²) in [7, 11) is 2.24. The van der Waals surface area contributed by atoms with E-state index in [4.69, 9.17) is 0 Å². The Bertz CT molecular complexity index is 503. The number of likely N-dealkylation sites (tertiary alicyclic amines) is 1. The van der Waals surface area contributed by atoms with Crippen molar-refractivity contribution in [2.75, 3.05) is 13.6 Å². The van der Waals surface area contributed by atoms with Crippen LogP contribution in [0.2, 0.25) is 0 Å². The predicted molar refractivity (Wildman–Crippen MR) is 69.2 cm³/mol. The maximum absolute atomic E-state index is 4.56. The quantitative estimate of drug-likeness (QED) is 0.788. The fourth-order valence-corrected chi connectivity index (χ4v) is 2.76. The average Bonchev–Trinajstić information content (AvgIpc) is 2.76. The van der Waals surface area contributed by atoms with Gasteiger partial charge in [0.15, 0.2) is 0 Å². The van der Waals surface area contributed by atoms with Gasteiger partial charge in [0.2, 0.25) is 0 Å². The molecule has 0 bridgehead atoms. The van der Waals surface area contributed by atoms with E-state index in [1.54, 1.807) is 0 Å². The lowest BCUT2D eigenvalue weighted by Crippen LogP contribution is -2.38. The molecule has 1 saturated heterocycles. The Morgan fingerprint density at radius 2 is 2.29 bits per heavy atom. The summed E-state index contributed by atoms with van der Waals surface area (Å²) in [5.41, 5.74) is 1.20. The van der Waals surface area contributed by atoms with Crippen molar-refractivity contribution in [3.63, 3.8) is 0 Å². The highest BCUT2D eigenvalue weighted by Crippen LogP contribution is 2.19. The van der Waals surface area contributed by atoms with Gasteiger partial charge < -0.3 is 9.30 Å². The van der Waals surface area contributed by atoms with Gasteiger partial charge in [0.25, 0.3) is 0 Å². The van der Waals surface area contributed by atoms with Crippen molar-refractivity contribution in [2.45, 2.75) is 31.7 Å². The number of hydrogen-bond acceptors (Lipinski definition) is 2. The summed E-state index contributed by atoms with van der Waals surface area (Å²) < 4.78 is 2.21. The minimum atomic E-state index is 0.662. The number of fused-ring (bicyclic) bond motifs is 1. The number of pyridine rings is 1. The van der Waals surface area contributed by atoms with Crippen molar-refractivity contribution in [3.05, 3.63) is 36.4 Å².